The molecule has 0 radical (unpaired) electrons. The molecule has 0 atom stereocenters. The third-order valence-corrected chi connectivity index (χ3v) is 2.39. The first kappa shape index (κ1) is 13.5. The molecule has 0 unspecified atom stereocenters. The van der Waals surface area contributed by atoms with Crippen molar-refractivity contribution in [2.75, 3.05) is 17.2 Å². The maximum absolute atomic E-state index is 11.3. The average Bonchev–Trinajstić information content (AvgIpc) is 2.57. The third kappa shape index (κ3) is 3.18. The lowest BCUT2D eigenvalue weighted by molar-refractivity contribution is -0.116. The van der Waals surface area contributed by atoms with Gasteiger partial charge in [0.05, 0.1) is 6.42 Å². The number of carbonyl (C=O) groups is 2. The molecule has 0 saturated heterocycles. The van der Waals surface area contributed by atoms with E-state index in [0.29, 0.717) is 25.1 Å². The van der Waals surface area contributed by atoms with Crippen molar-refractivity contribution in [2.45, 2.75) is 12.8 Å². The topological polar surface area (TPSA) is 84.2 Å². The summed E-state index contributed by atoms with van der Waals surface area (Å²) in [4.78, 5) is 22.4. The van der Waals surface area contributed by atoms with Gasteiger partial charge >= 0.3 is 0 Å². The van der Waals surface area contributed by atoms with Gasteiger partial charge in [0.1, 0.15) is 0 Å². The van der Waals surface area contributed by atoms with E-state index >= 15 is 0 Å². The molecule has 92 valence electrons. The molecule has 1 aromatic carbocycles. The number of rotatable bonds is 3. The molecule has 2 amide bonds. The zero-order valence-corrected chi connectivity index (χ0v) is 9.97. The lowest BCUT2D eigenvalue weighted by Crippen LogP contribution is -2.16. The largest absolute Gasteiger partial charge is 0.330 e. The van der Waals surface area contributed by atoms with Gasteiger partial charge in [-0.2, -0.15) is 0 Å². The van der Waals surface area contributed by atoms with Crippen LogP contribution < -0.4 is 16.4 Å². The van der Waals surface area contributed by atoms with Gasteiger partial charge in [0, 0.05) is 24.3 Å². The second kappa shape index (κ2) is 5.65. The van der Waals surface area contributed by atoms with E-state index in [2.05, 4.69) is 10.6 Å². The molecule has 0 spiro atoms. The van der Waals surface area contributed by atoms with Gasteiger partial charge in [-0.1, -0.05) is 0 Å². The number of hydrogen-bond acceptors (Lipinski definition) is 3. The Balaban J connectivity index is 0.00000144. The molecule has 1 aromatic rings. The highest BCUT2D eigenvalue weighted by Gasteiger charge is 2.17. The Bertz CT molecular complexity index is 448. The minimum absolute atomic E-state index is 0. The molecule has 5 nitrogen and oxygen atoms in total. The predicted octanol–water partition coefficient (Wildman–Crippen LogP) is 0.890. The van der Waals surface area contributed by atoms with E-state index < -0.39 is 0 Å². The minimum atomic E-state index is -0.111. The summed E-state index contributed by atoms with van der Waals surface area (Å²) in [6.45, 7) is 0.330. The molecule has 2 rings (SSSR count). The van der Waals surface area contributed by atoms with Crippen LogP contribution in [-0.4, -0.2) is 18.4 Å². The van der Waals surface area contributed by atoms with Crippen LogP contribution >= 0.6 is 12.4 Å². The SMILES string of the molecule is Cl.NCCC(=O)Nc1ccc2c(c1)CC(=O)N2. The van der Waals surface area contributed by atoms with Crippen molar-refractivity contribution in [3.8, 4) is 0 Å². The lowest BCUT2D eigenvalue weighted by atomic mass is 10.1. The van der Waals surface area contributed by atoms with E-state index in [0.717, 1.165) is 11.3 Å². The van der Waals surface area contributed by atoms with Crippen LogP contribution in [0.4, 0.5) is 11.4 Å². The van der Waals surface area contributed by atoms with E-state index in [1.165, 1.54) is 0 Å². The molecule has 0 bridgehead atoms. The summed E-state index contributed by atoms with van der Waals surface area (Å²) < 4.78 is 0. The Labute approximate surface area is 105 Å². The quantitative estimate of drug-likeness (QED) is 0.750. The maximum Gasteiger partial charge on any atom is 0.228 e. The van der Waals surface area contributed by atoms with Crippen molar-refractivity contribution in [3.63, 3.8) is 0 Å². The van der Waals surface area contributed by atoms with Crippen LogP contribution in [0.2, 0.25) is 0 Å². The molecule has 1 aliphatic rings. The molecule has 0 aromatic heterocycles. The molecule has 0 saturated carbocycles. The summed E-state index contributed by atoms with van der Waals surface area (Å²) in [5.74, 6) is -0.125. The maximum atomic E-state index is 11.3. The van der Waals surface area contributed by atoms with Crippen molar-refractivity contribution in [2.24, 2.45) is 5.73 Å². The fourth-order valence-corrected chi connectivity index (χ4v) is 1.66. The fourth-order valence-electron chi connectivity index (χ4n) is 1.66. The van der Waals surface area contributed by atoms with Crippen molar-refractivity contribution in [1.82, 2.24) is 0 Å². The van der Waals surface area contributed by atoms with E-state index in [1.54, 1.807) is 12.1 Å². The van der Waals surface area contributed by atoms with E-state index in [-0.39, 0.29) is 24.2 Å². The Morgan fingerprint density at radius 1 is 1.47 bits per heavy atom. The summed E-state index contributed by atoms with van der Waals surface area (Å²) in [7, 11) is 0. The van der Waals surface area contributed by atoms with Crippen LogP contribution in [0.25, 0.3) is 0 Å². The molecule has 4 N–H and O–H groups in total. The second-order valence-corrected chi connectivity index (χ2v) is 3.68. The molecular weight excluding hydrogens is 242 g/mol. The minimum Gasteiger partial charge on any atom is -0.330 e. The summed E-state index contributed by atoms with van der Waals surface area (Å²) in [5.41, 5.74) is 7.71. The van der Waals surface area contributed by atoms with Gasteiger partial charge in [-0.15, -0.1) is 12.4 Å². The number of amides is 2. The zero-order chi connectivity index (χ0) is 11.5. The standard InChI is InChI=1S/C11H13N3O2.ClH/c12-4-3-10(15)13-8-1-2-9-7(5-8)6-11(16)14-9;/h1-2,5H,3-4,6,12H2,(H,13,15)(H,14,16);1H. The highest BCUT2D eigenvalue weighted by Crippen LogP contribution is 2.25. The molecule has 17 heavy (non-hydrogen) atoms. The van der Waals surface area contributed by atoms with Crippen LogP contribution in [0.5, 0.6) is 0 Å². The van der Waals surface area contributed by atoms with Gasteiger partial charge in [0.15, 0.2) is 0 Å². The Morgan fingerprint density at radius 2 is 2.24 bits per heavy atom. The van der Waals surface area contributed by atoms with E-state index in [9.17, 15) is 9.59 Å². The molecule has 1 heterocycles. The molecule has 0 aliphatic carbocycles. The van der Waals surface area contributed by atoms with Crippen LogP contribution in [0.15, 0.2) is 18.2 Å². The Hall–Kier alpha value is -1.59. The number of nitrogens with one attached hydrogen (secondary N) is 2. The van der Waals surface area contributed by atoms with Crippen LogP contribution in [0.3, 0.4) is 0 Å². The smallest absolute Gasteiger partial charge is 0.228 e. The van der Waals surface area contributed by atoms with Gasteiger partial charge in [-0.05, 0) is 23.8 Å². The normalized spacial score (nSPS) is 12.4. The summed E-state index contributed by atoms with van der Waals surface area (Å²) in [5, 5.41) is 5.46. The van der Waals surface area contributed by atoms with Gasteiger partial charge in [0.2, 0.25) is 11.8 Å². The second-order valence-electron chi connectivity index (χ2n) is 3.68. The van der Waals surface area contributed by atoms with Gasteiger partial charge < -0.3 is 16.4 Å². The Morgan fingerprint density at radius 3 is 2.94 bits per heavy atom. The van der Waals surface area contributed by atoms with E-state index in [4.69, 9.17) is 5.73 Å². The summed E-state index contributed by atoms with van der Waals surface area (Å²) in [6.07, 6.45) is 0.671. The third-order valence-electron chi connectivity index (χ3n) is 2.39. The van der Waals surface area contributed by atoms with Crippen molar-refractivity contribution >= 4 is 35.6 Å². The number of halogens is 1. The number of benzene rings is 1. The molecular formula is C11H14ClN3O2. The highest BCUT2D eigenvalue weighted by molar-refractivity contribution is 6.00. The predicted molar refractivity (Wildman–Crippen MR) is 68.3 cm³/mol. The Kier molecular flexibility index (Phi) is 4.48. The van der Waals surface area contributed by atoms with Gasteiger partial charge in [-0.3, -0.25) is 9.59 Å². The fraction of sp³-hybridized carbons (Fsp3) is 0.273. The number of anilines is 2. The molecule has 1 aliphatic heterocycles. The first-order valence-electron chi connectivity index (χ1n) is 5.12. The van der Waals surface area contributed by atoms with Crippen LogP contribution in [-0.2, 0) is 16.0 Å². The first-order chi connectivity index (χ1) is 7.69. The number of carbonyl (C=O) groups excluding carboxylic acids is 2. The van der Waals surface area contributed by atoms with Crippen molar-refractivity contribution in [1.29, 1.82) is 0 Å². The molecule has 0 fully saturated rings. The van der Waals surface area contributed by atoms with Crippen LogP contribution in [0, 0.1) is 0 Å². The first-order valence-corrected chi connectivity index (χ1v) is 5.12. The highest BCUT2D eigenvalue weighted by atomic mass is 35.5. The van der Waals surface area contributed by atoms with Crippen LogP contribution in [0.1, 0.15) is 12.0 Å². The van der Waals surface area contributed by atoms with Crippen molar-refractivity contribution in [3.05, 3.63) is 23.8 Å². The summed E-state index contributed by atoms with van der Waals surface area (Å²) >= 11 is 0. The number of hydrogen-bond donors (Lipinski definition) is 3. The zero-order valence-electron chi connectivity index (χ0n) is 9.16. The number of nitrogens with two attached hydrogens (primary N) is 1. The lowest BCUT2D eigenvalue weighted by Gasteiger charge is -2.05. The monoisotopic (exact) mass is 255 g/mol. The van der Waals surface area contributed by atoms with Crippen molar-refractivity contribution < 1.29 is 9.59 Å². The average molecular weight is 256 g/mol. The van der Waals surface area contributed by atoms with Gasteiger partial charge in [0.25, 0.3) is 0 Å². The van der Waals surface area contributed by atoms with E-state index in [1.807, 2.05) is 6.07 Å². The molecule has 6 heteroatoms. The summed E-state index contributed by atoms with van der Waals surface area (Å²) in [6, 6.07) is 5.36. The number of fused-ring (bicyclic) bond motifs is 1. The van der Waals surface area contributed by atoms with Gasteiger partial charge in [-0.25, -0.2) is 0 Å².